The van der Waals surface area contributed by atoms with Crippen LogP contribution in [0.5, 0.6) is 5.75 Å². The van der Waals surface area contributed by atoms with Crippen LogP contribution in [0.25, 0.3) is 10.9 Å². The molecule has 0 saturated heterocycles. The fourth-order valence-corrected chi connectivity index (χ4v) is 8.00. The number of primary amides is 1. The molecule has 4 rings (SSSR count). The second-order valence-electron chi connectivity index (χ2n) is 19.9. The molecule has 412 valence electrons. The van der Waals surface area contributed by atoms with E-state index in [1.54, 1.807) is 89.7 Å². The van der Waals surface area contributed by atoms with Crippen molar-refractivity contribution in [1.29, 1.82) is 0 Å². The average molecular weight is 1060 g/mol. The first-order valence-corrected chi connectivity index (χ1v) is 24.8. The van der Waals surface area contributed by atoms with E-state index in [4.69, 9.17) is 42.4 Å². The molecule has 0 bridgehead atoms. The van der Waals surface area contributed by atoms with Crippen LogP contribution >= 0.6 is 11.6 Å². The van der Waals surface area contributed by atoms with Gasteiger partial charge in [-0.15, -0.1) is 0 Å². The maximum atomic E-state index is 13.4. The molecule has 4 aromatic rings. The Morgan fingerprint density at radius 2 is 1.51 bits per heavy atom. The van der Waals surface area contributed by atoms with Gasteiger partial charge in [-0.05, 0) is 81.6 Å². The van der Waals surface area contributed by atoms with Crippen LogP contribution < -0.4 is 32.2 Å². The number of carbonyl (C=O) groups is 8. The highest BCUT2D eigenvalue weighted by molar-refractivity contribution is 6.30. The van der Waals surface area contributed by atoms with Crippen molar-refractivity contribution in [3.05, 3.63) is 82.5 Å². The molecule has 0 aliphatic rings. The van der Waals surface area contributed by atoms with Crippen molar-refractivity contribution in [2.45, 2.75) is 111 Å². The van der Waals surface area contributed by atoms with E-state index in [1.807, 2.05) is 19.1 Å². The van der Waals surface area contributed by atoms with Gasteiger partial charge in [0.25, 0.3) is 5.91 Å². The monoisotopic (exact) mass is 1060 g/mol. The number of amides is 4. The third-order valence-corrected chi connectivity index (χ3v) is 12.8. The van der Waals surface area contributed by atoms with E-state index in [9.17, 15) is 38.4 Å². The molecule has 0 radical (unpaired) electrons. The number of unbranched alkanes of at least 4 members (excludes halogenated alkanes) is 1. The molecule has 0 saturated carbocycles. The van der Waals surface area contributed by atoms with Crippen LogP contribution in [0.3, 0.4) is 0 Å². The van der Waals surface area contributed by atoms with Crippen molar-refractivity contribution in [3.63, 3.8) is 0 Å². The van der Waals surface area contributed by atoms with E-state index in [-0.39, 0.29) is 91.3 Å². The number of nitrogens with two attached hydrogens (primary N) is 2. The summed E-state index contributed by atoms with van der Waals surface area (Å²) in [4.78, 5) is 109. The summed E-state index contributed by atoms with van der Waals surface area (Å²) in [5, 5.41) is 18.2. The van der Waals surface area contributed by atoms with Gasteiger partial charge in [0, 0.05) is 100 Å². The summed E-state index contributed by atoms with van der Waals surface area (Å²) in [6, 6.07) is 11.2. The van der Waals surface area contributed by atoms with E-state index in [0.29, 0.717) is 72.2 Å². The zero-order valence-electron chi connectivity index (χ0n) is 44.1. The van der Waals surface area contributed by atoms with Gasteiger partial charge in [-0.25, -0.2) is 4.98 Å². The lowest BCUT2D eigenvalue weighted by Gasteiger charge is -2.33. The first-order valence-electron chi connectivity index (χ1n) is 24.4. The van der Waals surface area contributed by atoms with Gasteiger partial charge >= 0.3 is 0 Å². The second kappa shape index (κ2) is 28.9. The van der Waals surface area contributed by atoms with Crippen LogP contribution in [0.4, 0.5) is 0 Å². The Morgan fingerprint density at radius 1 is 0.865 bits per heavy atom. The summed E-state index contributed by atoms with van der Waals surface area (Å²) in [6.45, 7) is 12.7. The van der Waals surface area contributed by atoms with Gasteiger partial charge < -0.3 is 51.7 Å². The number of hydrogen-bond donors (Lipinski definition) is 7. The highest BCUT2D eigenvalue weighted by Gasteiger charge is 2.41. The highest BCUT2D eigenvalue weighted by Crippen LogP contribution is 2.35. The smallest absolute Gasteiger partial charge is 0.262 e. The van der Waals surface area contributed by atoms with Crippen LogP contribution in [-0.2, 0) is 55.9 Å². The topological polar surface area (TPSA) is 306 Å². The minimum atomic E-state index is -1.28. The molecule has 0 unspecified atom stereocenters. The molecule has 9 N–H and O–H groups in total. The number of aromatic amines is 1. The number of ether oxygens (including phenoxy) is 3. The summed E-state index contributed by atoms with van der Waals surface area (Å²) in [5.74, 6) is -2.72. The number of Topliss-reactive ketones (excluding diaryl/α,β-unsaturated/α-hetero) is 3. The van der Waals surface area contributed by atoms with Crippen LogP contribution in [0.1, 0.15) is 112 Å². The molecule has 2 heterocycles. The van der Waals surface area contributed by atoms with Crippen LogP contribution in [-0.4, -0.2) is 132 Å². The number of nitrogens with zero attached hydrogens (tertiary/aromatic N) is 2. The second-order valence-corrected chi connectivity index (χ2v) is 20.4. The van der Waals surface area contributed by atoms with Crippen LogP contribution in [0, 0.1) is 23.7 Å². The summed E-state index contributed by atoms with van der Waals surface area (Å²) < 4.78 is 16.9. The third kappa shape index (κ3) is 18.9. The van der Waals surface area contributed by atoms with Gasteiger partial charge in [-0.1, -0.05) is 45.7 Å². The maximum absolute atomic E-state index is 13.4. The van der Waals surface area contributed by atoms with Crippen molar-refractivity contribution in [2.24, 2.45) is 28.2 Å². The number of hydrogen-bond acceptors (Lipinski definition) is 14. The van der Waals surface area contributed by atoms with Gasteiger partial charge in [-0.3, -0.25) is 42.9 Å². The van der Waals surface area contributed by atoms with E-state index < -0.39 is 40.1 Å². The number of rotatable bonds is 30. The average Bonchev–Trinajstić information content (AvgIpc) is 3.95. The Balaban J connectivity index is 0.00000151. The zero-order chi connectivity index (χ0) is 55.4. The minimum Gasteiger partial charge on any atom is -0.497 e. The Labute approximate surface area is 442 Å². The number of H-pyrrole nitrogens is 1. The number of fused-ring (bicyclic) bond motifs is 1. The number of aliphatic hydroxyl groups is 1. The Morgan fingerprint density at radius 3 is 2.12 bits per heavy atom. The minimum absolute atomic E-state index is 0. The zero-order valence-corrected chi connectivity index (χ0v) is 44.9. The van der Waals surface area contributed by atoms with Crippen molar-refractivity contribution < 1.29 is 62.0 Å². The molecule has 74 heavy (non-hydrogen) atoms. The van der Waals surface area contributed by atoms with E-state index in [2.05, 4.69) is 25.9 Å². The molecule has 0 fully saturated rings. The molecule has 0 aliphatic carbocycles. The molecule has 2 atom stereocenters. The van der Waals surface area contributed by atoms with Crippen LogP contribution in [0.15, 0.2) is 55.0 Å². The number of methoxy groups -OCH3 is 2. The summed E-state index contributed by atoms with van der Waals surface area (Å²) in [5.41, 5.74) is 11.4. The lowest BCUT2D eigenvalue weighted by Crippen LogP contribution is -2.56. The third-order valence-electron chi connectivity index (χ3n) is 12.6. The number of ketones is 3. The molecule has 4 amide bonds. The van der Waals surface area contributed by atoms with Crippen molar-refractivity contribution in [2.75, 3.05) is 53.7 Å². The lowest BCUT2D eigenvalue weighted by molar-refractivity contribution is -0.140. The molecule has 0 aliphatic heterocycles. The molecule has 20 nitrogen and oxygen atoms in total. The lowest BCUT2D eigenvalue weighted by atomic mass is 9.71. The fraction of sp³-hybridized carbons (Fsp3) is 0.528. The Bertz CT molecular complexity index is 2570. The maximum Gasteiger partial charge on any atom is 0.262 e. The Kier molecular flexibility index (Phi) is 24.2. The number of aliphatic hydroxyl groups excluding tert-OH is 1. The first-order chi connectivity index (χ1) is 34.8. The molecule has 2 aromatic heterocycles. The summed E-state index contributed by atoms with van der Waals surface area (Å²) in [7, 11) is 3.00. The predicted octanol–water partition coefficient (Wildman–Crippen LogP) is 4.84. The van der Waals surface area contributed by atoms with Gasteiger partial charge in [-0.2, -0.15) is 0 Å². The summed E-state index contributed by atoms with van der Waals surface area (Å²) in [6.07, 6.45) is 4.51. The van der Waals surface area contributed by atoms with Crippen molar-refractivity contribution in [3.8, 4) is 5.75 Å². The normalized spacial score (nSPS) is 12.5. The van der Waals surface area contributed by atoms with Gasteiger partial charge in [0.2, 0.25) is 23.6 Å². The summed E-state index contributed by atoms with van der Waals surface area (Å²) >= 11 is 5.96. The number of carbonyl (C=O) groups excluding carboxylic acids is 8. The molecule has 0 spiro atoms. The van der Waals surface area contributed by atoms with Gasteiger partial charge in [0.15, 0.2) is 5.78 Å². The molecular formula is C53H81ClN8O12. The number of nitrogens with one attached hydrogen (secondary N) is 4. The van der Waals surface area contributed by atoms with E-state index in [1.165, 1.54) is 13.4 Å². The first kappa shape index (κ1) is 62.0. The number of imidazole rings is 1. The van der Waals surface area contributed by atoms with Gasteiger partial charge in [0.05, 0.1) is 56.8 Å². The van der Waals surface area contributed by atoms with E-state index >= 15 is 0 Å². The molecule has 21 heteroatoms. The fourth-order valence-electron chi connectivity index (χ4n) is 7.88. The largest absolute Gasteiger partial charge is 0.497 e. The quantitative estimate of drug-likeness (QED) is 0.0344. The predicted molar refractivity (Wildman–Crippen MR) is 286 cm³/mol. The number of benzene rings is 2. The number of aromatic nitrogens is 3. The van der Waals surface area contributed by atoms with Gasteiger partial charge in [0.1, 0.15) is 23.9 Å². The van der Waals surface area contributed by atoms with E-state index in [0.717, 1.165) is 10.9 Å². The molecule has 2 aromatic carbocycles. The number of halogens is 1. The van der Waals surface area contributed by atoms with Crippen molar-refractivity contribution in [1.82, 2.24) is 30.5 Å². The van der Waals surface area contributed by atoms with Crippen LogP contribution in [0.2, 0.25) is 5.02 Å². The SMILES string of the molecule is COCC(=O)NCCCC[C@H](CC(=O)C(C)(C)CC(=O)C(C)(C)CC(=O)C(C)(C)NC(=O)[C@@H](N)Cc1cnc[nH]1)C(N)=O.COc1ccc2c(c1)c(CC(=O)NCCOCCO)c(C)n2C(=O)c1ccc(Cl)cc1.[HH].[HH].[HH]. The molecular weight excluding hydrogens is 976 g/mol. The standard InChI is InChI=1S/C30H50N6O7.C23H25ClN2O5.3H2/c1-28(2,22(37)12-19(26(32)41)10-8-9-11-34-25(40)17-43-7)14-23(38)29(3,4)15-24(39)30(5,6)36-27(42)21(31)13-20-16-33-18-35-20;1-15-19(14-22(28)25-9-11-31-12-10-27)20-13-18(30-2)7-8-21(20)26(15)23(29)16-3-5-17(24)6-4-16;;;/h16,18-19,21H,8-15,17,31H2,1-7H3,(H2,32,41)(H,33,35)(H,34,40)(H,36,42);3-8,13,27H,9-12,14H2,1-2H3,(H,25,28);3*1H/t19-,21+;;;;/m1..../s1. The Hall–Kier alpha value is -6.32. The van der Waals surface area contributed by atoms with Crippen molar-refractivity contribution >= 4 is 69.4 Å². The highest BCUT2D eigenvalue weighted by atomic mass is 35.5.